The monoisotopic (exact) mass is 284 g/mol. The minimum absolute atomic E-state index is 0.237. The maximum absolute atomic E-state index is 12.3. The zero-order chi connectivity index (χ0) is 15.2. The summed E-state index contributed by atoms with van der Waals surface area (Å²) >= 11 is 0. The second-order valence-electron chi connectivity index (χ2n) is 6.14. The molecular weight excluding hydrogens is 248 g/mol. The van der Waals surface area contributed by atoms with Crippen LogP contribution in [0, 0.1) is 5.92 Å². The Morgan fingerprint density at radius 1 is 0.950 bits per heavy atom. The maximum Gasteiger partial charge on any atom is 0.223 e. The summed E-state index contributed by atoms with van der Waals surface area (Å²) in [4.78, 5) is 14.4. The van der Waals surface area contributed by atoms with E-state index in [4.69, 9.17) is 0 Å². The predicted molar refractivity (Wildman–Crippen MR) is 88.0 cm³/mol. The predicted octanol–water partition coefficient (Wildman–Crippen LogP) is 3.83. The Labute approximate surface area is 126 Å². The number of rotatable bonds is 13. The first-order valence-electron chi connectivity index (χ1n) is 8.54. The van der Waals surface area contributed by atoms with Crippen LogP contribution in [0.3, 0.4) is 0 Å². The van der Waals surface area contributed by atoms with E-state index in [0.717, 1.165) is 25.9 Å². The van der Waals surface area contributed by atoms with Crippen molar-refractivity contribution >= 4 is 5.91 Å². The smallest absolute Gasteiger partial charge is 0.223 e. The quantitative estimate of drug-likeness (QED) is 0.521. The Balaban J connectivity index is 4.02. The van der Waals surface area contributed by atoms with Crippen molar-refractivity contribution in [1.29, 1.82) is 0 Å². The van der Waals surface area contributed by atoms with Gasteiger partial charge in [0.1, 0.15) is 0 Å². The molecule has 1 unspecified atom stereocenters. The number of likely N-dealkylation sites (N-methyl/N-ethyl adjacent to an activating group) is 1. The molecule has 0 aromatic carbocycles. The molecule has 1 N–H and O–H groups in total. The van der Waals surface area contributed by atoms with Crippen LogP contribution in [0.1, 0.15) is 71.6 Å². The third kappa shape index (κ3) is 11.3. The van der Waals surface area contributed by atoms with E-state index in [-0.39, 0.29) is 11.8 Å². The van der Waals surface area contributed by atoms with Gasteiger partial charge in [0.25, 0.3) is 0 Å². The van der Waals surface area contributed by atoms with Gasteiger partial charge in [-0.15, -0.1) is 0 Å². The van der Waals surface area contributed by atoms with Crippen molar-refractivity contribution in [1.82, 2.24) is 10.2 Å². The molecule has 0 saturated carbocycles. The summed E-state index contributed by atoms with van der Waals surface area (Å²) in [6.07, 6.45) is 10.8. The van der Waals surface area contributed by atoms with Gasteiger partial charge < -0.3 is 10.2 Å². The number of nitrogens with one attached hydrogen (secondary N) is 1. The molecule has 1 amide bonds. The van der Waals surface area contributed by atoms with Crippen LogP contribution < -0.4 is 5.32 Å². The van der Waals surface area contributed by atoms with E-state index in [1.807, 2.05) is 14.1 Å². The van der Waals surface area contributed by atoms with E-state index >= 15 is 0 Å². The van der Waals surface area contributed by atoms with Gasteiger partial charge in [0.2, 0.25) is 5.91 Å². The Bertz CT molecular complexity index is 229. The van der Waals surface area contributed by atoms with Gasteiger partial charge in [-0.05, 0) is 26.9 Å². The van der Waals surface area contributed by atoms with Crippen molar-refractivity contribution in [2.45, 2.75) is 71.6 Å². The van der Waals surface area contributed by atoms with Crippen LogP contribution in [0.25, 0.3) is 0 Å². The molecule has 120 valence electrons. The summed E-state index contributed by atoms with van der Waals surface area (Å²) in [5.74, 6) is 0.514. The summed E-state index contributed by atoms with van der Waals surface area (Å²) in [6, 6.07) is 0. The number of hydrogen-bond donors (Lipinski definition) is 1. The molecule has 0 aromatic rings. The first kappa shape index (κ1) is 19.4. The van der Waals surface area contributed by atoms with Crippen molar-refractivity contribution in [2.24, 2.45) is 5.92 Å². The maximum atomic E-state index is 12.3. The summed E-state index contributed by atoms with van der Waals surface area (Å²) < 4.78 is 0. The van der Waals surface area contributed by atoms with Crippen LogP contribution in [0.5, 0.6) is 0 Å². The van der Waals surface area contributed by atoms with Crippen molar-refractivity contribution in [3.8, 4) is 0 Å². The molecule has 3 heteroatoms. The number of carbonyl (C=O) groups excluding carboxylic acids is 1. The molecule has 0 saturated heterocycles. The fourth-order valence-corrected chi connectivity index (χ4v) is 2.41. The van der Waals surface area contributed by atoms with Crippen LogP contribution in [-0.2, 0) is 4.79 Å². The molecule has 1 atom stereocenters. The lowest BCUT2D eigenvalue weighted by Gasteiger charge is -2.18. The second kappa shape index (κ2) is 13.4. The highest BCUT2D eigenvalue weighted by Gasteiger charge is 2.17. The van der Waals surface area contributed by atoms with Gasteiger partial charge in [-0.25, -0.2) is 0 Å². The number of hydrogen-bond acceptors (Lipinski definition) is 2. The average Bonchev–Trinajstić information content (AvgIpc) is 2.41. The Hall–Kier alpha value is -0.570. The zero-order valence-corrected chi connectivity index (χ0v) is 14.2. The van der Waals surface area contributed by atoms with E-state index in [0.29, 0.717) is 0 Å². The van der Waals surface area contributed by atoms with E-state index < -0.39 is 0 Å². The zero-order valence-electron chi connectivity index (χ0n) is 14.2. The third-order valence-corrected chi connectivity index (χ3v) is 3.79. The molecule has 0 heterocycles. The molecule has 0 spiro atoms. The van der Waals surface area contributed by atoms with Crippen molar-refractivity contribution in [3.63, 3.8) is 0 Å². The molecule has 0 rings (SSSR count). The number of carbonyl (C=O) groups is 1. The summed E-state index contributed by atoms with van der Waals surface area (Å²) in [7, 11) is 4.07. The molecule has 0 radical (unpaired) electrons. The molecule has 0 aromatic heterocycles. The highest BCUT2D eigenvalue weighted by atomic mass is 16.1. The number of amides is 1. The fraction of sp³-hybridized carbons (Fsp3) is 0.941. The van der Waals surface area contributed by atoms with Gasteiger partial charge in [0.15, 0.2) is 0 Å². The van der Waals surface area contributed by atoms with E-state index in [9.17, 15) is 4.79 Å². The summed E-state index contributed by atoms with van der Waals surface area (Å²) in [5.41, 5.74) is 0. The van der Waals surface area contributed by atoms with E-state index in [2.05, 4.69) is 24.1 Å². The molecule has 0 aliphatic heterocycles. The van der Waals surface area contributed by atoms with E-state index in [1.165, 1.54) is 44.9 Å². The lowest BCUT2D eigenvalue weighted by Crippen LogP contribution is -2.35. The summed E-state index contributed by atoms with van der Waals surface area (Å²) in [5, 5.41) is 3.10. The van der Waals surface area contributed by atoms with Crippen molar-refractivity contribution < 1.29 is 4.79 Å². The molecule has 0 aliphatic carbocycles. The minimum atomic E-state index is 0.237. The SMILES string of the molecule is CCCCCCC(CCCCC)C(=O)NCCN(C)C. The van der Waals surface area contributed by atoms with Crippen LogP contribution >= 0.6 is 0 Å². The first-order chi connectivity index (χ1) is 9.61. The Morgan fingerprint density at radius 3 is 2.05 bits per heavy atom. The van der Waals surface area contributed by atoms with Gasteiger partial charge in [-0.2, -0.15) is 0 Å². The molecule has 20 heavy (non-hydrogen) atoms. The van der Waals surface area contributed by atoms with Gasteiger partial charge in [-0.1, -0.05) is 58.8 Å². The molecule has 0 bridgehead atoms. The molecule has 0 aliphatic rings. The van der Waals surface area contributed by atoms with Gasteiger partial charge in [0, 0.05) is 19.0 Å². The highest BCUT2D eigenvalue weighted by Crippen LogP contribution is 2.18. The number of unbranched alkanes of at least 4 members (excludes halogenated alkanes) is 5. The molecule has 0 fully saturated rings. The number of nitrogens with zero attached hydrogens (tertiary/aromatic N) is 1. The van der Waals surface area contributed by atoms with Crippen LogP contribution in [-0.4, -0.2) is 38.0 Å². The first-order valence-corrected chi connectivity index (χ1v) is 8.54. The average molecular weight is 284 g/mol. The minimum Gasteiger partial charge on any atom is -0.355 e. The van der Waals surface area contributed by atoms with Crippen LogP contribution in [0.2, 0.25) is 0 Å². The third-order valence-electron chi connectivity index (χ3n) is 3.79. The molecular formula is C17H36N2O. The largest absolute Gasteiger partial charge is 0.355 e. The van der Waals surface area contributed by atoms with Crippen LogP contribution in [0.4, 0.5) is 0 Å². The standard InChI is InChI=1S/C17H36N2O/c1-5-7-9-11-13-16(12-10-8-6-2)17(20)18-14-15-19(3)4/h16H,5-15H2,1-4H3,(H,18,20). The van der Waals surface area contributed by atoms with Gasteiger partial charge in [-0.3, -0.25) is 4.79 Å². The summed E-state index contributed by atoms with van der Waals surface area (Å²) in [6.45, 7) is 6.13. The van der Waals surface area contributed by atoms with Gasteiger partial charge >= 0.3 is 0 Å². The van der Waals surface area contributed by atoms with Crippen molar-refractivity contribution in [3.05, 3.63) is 0 Å². The Kier molecular flexibility index (Phi) is 13.0. The lowest BCUT2D eigenvalue weighted by atomic mass is 9.94. The van der Waals surface area contributed by atoms with Gasteiger partial charge in [0.05, 0.1) is 0 Å². The van der Waals surface area contributed by atoms with E-state index in [1.54, 1.807) is 0 Å². The fourth-order valence-electron chi connectivity index (χ4n) is 2.41. The highest BCUT2D eigenvalue weighted by molar-refractivity contribution is 5.78. The lowest BCUT2D eigenvalue weighted by molar-refractivity contribution is -0.125. The van der Waals surface area contributed by atoms with Crippen LogP contribution in [0.15, 0.2) is 0 Å². The topological polar surface area (TPSA) is 32.3 Å². The molecule has 3 nitrogen and oxygen atoms in total. The normalized spacial score (nSPS) is 12.7. The Morgan fingerprint density at radius 2 is 1.50 bits per heavy atom. The van der Waals surface area contributed by atoms with Crippen molar-refractivity contribution in [2.75, 3.05) is 27.2 Å². The second-order valence-corrected chi connectivity index (χ2v) is 6.14.